The highest BCUT2D eigenvalue weighted by molar-refractivity contribution is 7.90. The predicted molar refractivity (Wildman–Crippen MR) is 160 cm³/mol. The summed E-state index contributed by atoms with van der Waals surface area (Å²) in [6.07, 6.45) is 1.94. The zero-order valence-electron chi connectivity index (χ0n) is 24.8. The number of piperazine rings is 1. The normalized spacial score (nSPS) is 18.5. The molecule has 5 rings (SSSR count). The molecule has 1 saturated heterocycles. The van der Waals surface area contributed by atoms with Crippen LogP contribution < -0.4 is 16.0 Å². The summed E-state index contributed by atoms with van der Waals surface area (Å²) in [6.45, 7) is 1.04. The first-order valence-electron chi connectivity index (χ1n) is 14.6. The second kappa shape index (κ2) is 13.8. The number of nitrogens with zero attached hydrogens (tertiary/aromatic N) is 3. The number of nitrogens with two attached hydrogens (primary N) is 1. The van der Waals surface area contributed by atoms with Gasteiger partial charge in [-0.2, -0.15) is 4.31 Å². The maximum atomic E-state index is 15.4. The summed E-state index contributed by atoms with van der Waals surface area (Å²) >= 11 is 0. The summed E-state index contributed by atoms with van der Waals surface area (Å²) in [5.41, 5.74) is 6.16. The van der Waals surface area contributed by atoms with E-state index < -0.39 is 68.5 Å². The van der Waals surface area contributed by atoms with Crippen molar-refractivity contribution in [3.05, 3.63) is 94.8 Å². The molecule has 2 aliphatic rings. The van der Waals surface area contributed by atoms with E-state index in [0.29, 0.717) is 36.9 Å². The molecule has 246 valence electrons. The number of benzene rings is 2. The van der Waals surface area contributed by atoms with Crippen LogP contribution in [-0.4, -0.2) is 73.8 Å². The Labute approximate surface area is 263 Å². The zero-order chi connectivity index (χ0) is 33.2. The number of anilines is 1. The lowest BCUT2D eigenvalue weighted by molar-refractivity contribution is -0.119. The molecule has 2 fully saturated rings. The number of carbonyl (C=O) groups excluding carboxylic acids is 2. The quantitative estimate of drug-likeness (QED) is 0.315. The third-order valence-corrected chi connectivity index (χ3v) is 10.7. The molecule has 0 bridgehead atoms. The van der Waals surface area contributed by atoms with Gasteiger partial charge in [0.05, 0.1) is 36.5 Å². The number of sulfonamides is 1. The molecular weight excluding hydrogens is 630 g/mol. The van der Waals surface area contributed by atoms with Gasteiger partial charge in [-0.3, -0.25) is 9.78 Å². The molecule has 10 nitrogen and oxygen atoms in total. The van der Waals surface area contributed by atoms with E-state index in [2.05, 4.69) is 10.3 Å². The highest BCUT2D eigenvalue weighted by Crippen LogP contribution is 2.35. The standard InChI is InChI=1S/C31H33F4N5O5S/c1-45-31(42)40(30(41)29(36)28(18-2-4-20(32)5-3-18)19-12-21(33)14-22(34)13-19)27-17-38-16-26(35)25(27)9-6-23-15-37-10-11-39(23)46(43,44)24-7-8-24/h2-5,12-14,16-17,23-24,28-29,37H,6-11,15,36H2,1H3/t23-,28-,29-/m0/s1. The van der Waals surface area contributed by atoms with Crippen molar-refractivity contribution in [1.82, 2.24) is 14.6 Å². The minimum atomic E-state index is -3.54. The van der Waals surface area contributed by atoms with Gasteiger partial charge in [-0.15, -0.1) is 0 Å². The molecule has 2 aromatic carbocycles. The van der Waals surface area contributed by atoms with Gasteiger partial charge in [0.1, 0.15) is 23.3 Å². The lowest BCUT2D eigenvalue weighted by atomic mass is 9.84. The van der Waals surface area contributed by atoms with Crippen LogP contribution in [0.2, 0.25) is 0 Å². The lowest BCUT2D eigenvalue weighted by Crippen LogP contribution is -2.54. The van der Waals surface area contributed by atoms with Crippen molar-refractivity contribution in [2.45, 2.75) is 48.9 Å². The summed E-state index contributed by atoms with van der Waals surface area (Å²) in [4.78, 5) is 31.6. The summed E-state index contributed by atoms with van der Waals surface area (Å²) < 4.78 is 90.3. The monoisotopic (exact) mass is 663 g/mol. The third-order valence-electron chi connectivity index (χ3n) is 8.21. The number of pyridine rings is 1. The third kappa shape index (κ3) is 7.07. The molecule has 3 atom stereocenters. The number of nitrogens with one attached hydrogen (secondary N) is 1. The van der Waals surface area contributed by atoms with Gasteiger partial charge in [-0.25, -0.2) is 35.7 Å². The van der Waals surface area contributed by atoms with Crippen LogP contribution in [0.3, 0.4) is 0 Å². The number of carbonyl (C=O) groups is 2. The Bertz CT molecular complexity index is 1690. The van der Waals surface area contributed by atoms with Crippen molar-refractivity contribution in [1.29, 1.82) is 0 Å². The Kier molecular flexibility index (Phi) is 10.1. The first-order valence-corrected chi connectivity index (χ1v) is 16.2. The van der Waals surface area contributed by atoms with Crippen LogP contribution in [-0.2, 0) is 26.0 Å². The van der Waals surface area contributed by atoms with Gasteiger partial charge in [0.2, 0.25) is 10.0 Å². The molecule has 1 aliphatic carbocycles. The molecule has 3 N–H and O–H groups in total. The SMILES string of the molecule is COC(=O)N(C(=O)[C@@H](N)[C@@H](c1ccc(F)cc1)c1cc(F)cc(F)c1)c1cncc(F)c1CC[C@H]1CNCCN1S(=O)(=O)C1CC1. The van der Waals surface area contributed by atoms with Crippen LogP contribution >= 0.6 is 0 Å². The first-order chi connectivity index (χ1) is 21.9. The minimum Gasteiger partial charge on any atom is -0.452 e. The predicted octanol–water partition coefficient (Wildman–Crippen LogP) is 3.60. The Hall–Kier alpha value is -3.92. The largest absolute Gasteiger partial charge is 0.452 e. The molecule has 1 saturated carbocycles. The highest BCUT2D eigenvalue weighted by atomic mass is 32.2. The van der Waals surface area contributed by atoms with E-state index in [1.54, 1.807) is 0 Å². The van der Waals surface area contributed by atoms with Gasteiger partial charge in [0.25, 0.3) is 5.91 Å². The van der Waals surface area contributed by atoms with E-state index in [1.807, 2.05) is 0 Å². The molecule has 1 aliphatic heterocycles. The van der Waals surface area contributed by atoms with E-state index in [4.69, 9.17) is 10.5 Å². The van der Waals surface area contributed by atoms with Gasteiger partial charge in [0, 0.05) is 43.2 Å². The summed E-state index contributed by atoms with van der Waals surface area (Å²) in [5, 5.41) is 2.72. The fourth-order valence-corrected chi connectivity index (χ4v) is 7.86. The Morgan fingerprint density at radius 2 is 1.72 bits per heavy atom. The lowest BCUT2D eigenvalue weighted by Gasteiger charge is -2.35. The van der Waals surface area contributed by atoms with E-state index in [1.165, 1.54) is 16.4 Å². The number of hydrogen-bond acceptors (Lipinski definition) is 8. The molecule has 1 aromatic heterocycles. The van der Waals surface area contributed by atoms with Crippen LogP contribution in [0.1, 0.15) is 41.9 Å². The Balaban J connectivity index is 1.50. The van der Waals surface area contributed by atoms with Gasteiger partial charge in [0.15, 0.2) is 0 Å². The van der Waals surface area contributed by atoms with Crippen molar-refractivity contribution in [3.8, 4) is 0 Å². The second-order valence-corrected chi connectivity index (χ2v) is 13.4. The summed E-state index contributed by atoms with van der Waals surface area (Å²) in [5.74, 6) is -5.82. The van der Waals surface area contributed by atoms with Crippen LogP contribution in [0.25, 0.3) is 0 Å². The van der Waals surface area contributed by atoms with Crippen LogP contribution in [0.5, 0.6) is 0 Å². The molecule has 0 unspecified atom stereocenters. The number of aromatic nitrogens is 1. The zero-order valence-corrected chi connectivity index (χ0v) is 25.7. The number of methoxy groups -OCH3 is 1. The average Bonchev–Trinajstić information content (AvgIpc) is 3.88. The fraction of sp³-hybridized carbons (Fsp3) is 0.387. The number of imide groups is 1. The number of hydrogen-bond donors (Lipinski definition) is 2. The van der Waals surface area contributed by atoms with E-state index in [-0.39, 0.29) is 41.8 Å². The number of ether oxygens (including phenoxy) is 1. The number of amides is 2. The molecule has 46 heavy (non-hydrogen) atoms. The topological polar surface area (TPSA) is 135 Å². The van der Waals surface area contributed by atoms with E-state index in [9.17, 15) is 31.2 Å². The Morgan fingerprint density at radius 1 is 1.04 bits per heavy atom. The molecule has 0 radical (unpaired) electrons. The second-order valence-electron chi connectivity index (χ2n) is 11.3. The Morgan fingerprint density at radius 3 is 2.35 bits per heavy atom. The van der Waals surface area contributed by atoms with Gasteiger partial charge < -0.3 is 15.8 Å². The average molecular weight is 664 g/mol. The van der Waals surface area contributed by atoms with Crippen LogP contribution in [0, 0.1) is 23.3 Å². The van der Waals surface area contributed by atoms with Gasteiger partial charge >= 0.3 is 6.09 Å². The van der Waals surface area contributed by atoms with Crippen molar-refractivity contribution in [2.24, 2.45) is 5.73 Å². The maximum Gasteiger partial charge on any atom is 0.421 e. The summed E-state index contributed by atoms with van der Waals surface area (Å²) in [7, 11) is -2.54. The molecule has 2 heterocycles. The van der Waals surface area contributed by atoms with Crippen LogP contribution in [0.15, 0.2) is 54.9 Å². The molecule has 15 heteroatoms. The smallest absolute Gasteiger partial charge is 0.421 e. The van der Waals surface area contributed by atoms with Crippen molar-refractivity contribution in [3.63, 3.8) is 0 Å². The number of halogens is 4. The fourth-order valence-electron chi connectivity index (χ4n) is 5.81. The number of rotatable bonds is 10. The van der Waals surface area contributed by atoms with Crippen molar-refractivity contribution >= 4 is 27.7 Å². The van der Waals surface area contributed by atoms with E-state index in [0.717, 1.165) is 43.8 Å². The van der Waals surface area contributed by atoms with Crippen molar-refractivity contribution in [2.75, 3.05) is 31.6 Å². The van der Waals surface area contributed by atoms with Gasteiger partial charge in [-0.05, 0) is 61.1 Å². The van der Waals surface area contributed by atoms with Crippen LogP contribution in [0.4, 0.5) is 28.0 Å². The van der Waals surface area contributed by atoms with E-state index >= 15 is 4.39 Å². The molecule has 0 spiro atoms. The minimum absolute atomic E-state index is 0.0749. The highest BCUT2D eigenvalue weighted by Gasteiger charge is 2.44. The molecular formula is C31H33F4N5O5S. The molecule has 2 amide bonds. The van der Waals surface area contributed by atoms with Crippen molar-refractivity contribution < 1.29 is 40.3 Å². The first kappa shape index (κ1) is 33.4. The van der Waals surface area contributed by atoms with Gasteiger partial charge in [-0.1, -0.05) is 12.1 Å². The molecule has 3 aromatic rings. The summed E-state index contributed by atoms with van der Waals surface area (Å²) in [6, 6.07) is 5.04. The maximum absolute atomic E-state index is 15.4.